The number of ether oxygens (including phenoxy) is 1. The van der Waals surface area contributed by atoms with Gasteiger partial charge in [-0.3, -0.25) is 14.4 Å². The summed E-state index contributed by atoms with van der Waals surface area (Å²) in [4.78, 5) is 42.7. The lowest BCUT2D eigenvalue weighted by atomic mass is 9.81. The van der Waals surface area contributed by atoms with Crippen LogP contribution in [0.25, 0.3) is 0 Å². The van der Waals surface area contributed by atoms with Gasteiger partial charge in [-0.25, -0.2) is 4.90 Å². The third-order valence-electron chi connectivity index (χ3n) is 7.90. The third-order valence-corrected chi connectivity index (χ3v) is 9.14. The molecule has 1 aromatic rings. The van der Waals surface area contributed by atoms with Crippen LogP contribution in [-0.4, -0.2) is 36.0 Å². The van der Waals surface area contributed by atoms with Crippen molar-refractivity contribution in [2.75, 3.05) is 4.90 Å². The number of hydrogen-bond donors (Lipinski definition) is 1. The van der Waals surface area contributed by atoms with E-state index in [1.807, 2.05) is 0 Å². The number of rotatable bonds is 3. The van der Waals surface area contributed by atoms with E-state index in [4.69, 9.17) is 4.74 Å². The molecule has 2 bridgehead atoms. The molecular formula is C23H28N2O4S. The summed E-state index contributed by atoms with van der Waals surface area (Å²) < 4.78 is 5.88. The summed E-state index contributed by atoms with van der Waals surface area (Å²) in [6, 6.07) is 0.206. The maximum Gasteiger partial charge on any atom is 0.254 e. The number of hydrogen-bond acceptors (Lipinski definition) is 5. The molecule has 3 amide bonds. The number of carbonyl (C=O) groups excluding carboxylic acids is 3. The highest BCUT2D eigenvalue weighted by atomic mass is 32.1. The molecule has 6 rings (SSSR count). The van der Waals surface area contributed by atoms with E-state index in [0.717, 1.165) is 63.4 Å². The van der Waals surface area contributed by atoms with Crippen molar-refractivity contribution in [2.45, 2.75) is 83.0 Å². The van der Waals surface area contributed by atoms with Gasteiger partial charge < -0.3 is 10.1 Å². The maximum absolute atomic E-state index is 13.4. The SMILES string of the molecule is C[C@H]1CCc2c(sc(N3C(=O)[C@@H]4[C@@H](C3=O)[C@@H]3CC[C@@H]4O3)c2C(=O)NC2CCCC2)C1. The number of amides is 3. The predicted molar refractivity (Wildman–Crippen MR) is 113 cm³/mol. The van der Waals surface area contributed by atoms with E-state index in [2.05, 4.69) is 12.2 Å². The zero-order valence-electron chi connectivity index (χ0n) is 17.3. The molecule has 160 valence electrons. The van der Waals surface area contributed by atoms with Crippen molar-refractivity contribution in [1.82, 2.24) is 5.32 Å². The first-order valence-electron chi connectivity index (χ1n) is 11.5. The van der Waals surface area contributed by atoms with Crippen LogP contribution in [0.15, 0.2) is 0 Å². The van der Waals surface area contributed by atoms with Crippen molar-refractivity contribution in [3.63, 3.8) is 0 Å². The second kappa shape index (κ2) is 6.89. The van der Waals surface area contributed by atoms with E-state index < -0.39 is 0 Å². The lowest BCUT2D eigenvalue weighted by Crippen LogP contribution is -2.37. The number of nitrogens with zero attached hydrogens (tertiary/aromatic N) is 1. The fraction of sp³-hybridized carbons (Fsp3) is 0.696. The quantitative estimate of drug-likeness (QED) is 0.750. The summed E-state index contributed by atoms with van der Waals surface area (Å²) in [5.74, 6) is -0.568. The summed E-state index contributed by atoms with van der Waals surface area (Å²) in [5, 5.41) is 3.79. The van der Waals surface area contributed by atoms with Crippen LogP contribution in [-0.2, 0) is 27.2 Å². The minimum atomic E-state index is -0.361. The Labute approximate surface area is 180 Å². The molecular weight excluding hydrogens is 400 g/mol. The number of nitrogens with one attached hydrogen (secondary N) is 1. The predicted octanol–water partition coefficient (Wildman–Crippen LogP) is 3.21. The molecule has 7 heteroatoms. The first kappa shape index (κ1) is 19.0. The van der Waals surface area contributed by atoms with Crippen molar-refractivity contribution >= 4 is 34.1 Å². The number of imide groups is 1. The van der Waals surface area contributed by atoms with Gasteiger partial charge in [0.2, 0.25) is 11.8 Å². The van der Waals surface area contributed by atoms with Crippen LogP contribution in [0, 0.1) is 17.8 Å². The van der Waals surface area contributed by atoms with Gasteiger partial charge in [-0.2, -0.15) is 0 Å². The van der Waals surface area contributed by atoms with Crippen LogP contribution < -0.4 is 10.2 Å². The Hall–Kier alpha value is -1.73. The van der Waals surface area contributed by atoms with Crippen LogP contribution in [0.1, 0.15) is 72.7 Å². The van der Waals surface area contributed by atoms with E-state index in [9.17, 15) is 14.4 Å². The highest BCUT2D eigenvalue weighted by Crippen LogP contribution is 2.52. The smallest absolute Gasteiger partial charge is 0.254 e. The zero-order valence-corrected chi connectivity index (χ0v) is 18.1. The van der Waals surface area contributed by atoms with Gasteiger partial charge in [0.15, 0.2) is 0 Å². The summed E-state index contributed by atoms with van der Waals surface area (Å²) in [7, 11) is 0. The van der Waals surface area contributed by atoms with Gasteiger partial charge in [-0.15, -0.1) is 11.3 Å². The molecule has 30 heavy (non-hydrogen) atoms. The molecule has 3 saturated heterocycles. The summed E-state index contributed by atoms with van der Waals surface area (Å²) in [6.07, 6.45) is 8.56. The monoisotopic (exact) mass is 428 g/mol. The van der Waals surface area contributed by atoms with Gasteiger partial charge in [-0.1, -0.05) is 19.8 Å². The van der Waals surface area contributed by atoms with Gasteiger partial charge in [0, 0.05) is 10.9 Å². The first-order valence-corrected chi connectivity index (χ1v) is 12.3. The van der Waals surface area contributed by atoms with Gasteiger partial charge in [-0.05, 0) is 56.4 Å². The van der Waals surface area contributed by atoms with Crippen molar-refractivity contribution in [3.05, 3.63) is 16.0 Å². The summed E-state index contributed by atoms with van der Waals surface area (Å²) in [5.41, 5.74) is 1.67. The van der Waals surface area contributed by atoms with Crippen molar-refractivity contribution in [1.29, 1.82) is 0 Å². The number of thiophene rings is 1. The van der Waals surface area contributed by atoms with Crippen LogP contribution in [0.4, 0.5) is 5.00 Å². The van der Waals surface area contributed by atoms with E-state index in [0.29, 0.717) is 16.5 Å². The molecule has 0 radical (unpaired) electrons. The largest absolute Gasteiger partial charge is 0.373 e. The molecule has 3 aliphatic heterocycles. The van der Waals surface area contributed by atoms with E-state index in [-0.39, 0.29) is 47.8 Å². The lowest BCUT2D eigenvalue weighted by molar-refractivity contribution is -0.124. The van der Waals surface area contributed by atoms with Gasteiger partial charge in [0.25, 0.3) is 5.91 Å². The van der Waals surface area contributed by atoms with Crippen LogP contribution in [0.2, 0.25) is 0 Å². The third kappa shape index (κ3) is 2.67. The highest BCUT2D eigenvalue weighted by molar-refractivity contribution is 7.17. The molecule has 4 fully saturated rings. The average Bonchev–Trinajstić information content (AvgIpc) is 3.51. The number of anilines is 1. The van der Waals surface area contributed by atoms with Crippen LogP contribution in [0.3, 0.4) is 0 Å². The Balaban J connectivity index is 1.40. The second-order valence-electron chi connectivity index (χ2n) is 9.84. The van der Waals surface area contributed by atoms with E-state index >= 15 is 0 Å². The molecule has 2 aliphatic carbocycles. The van der Waals surface area contributed by atoms with Gasteiger partial charge in [0.05, 0.1) is 29.6 Å². The van der Waals surface area contributed by atoms with Crippen molar-refractivity contribution < 1.29 is 19.1 Å². The molecule has 0 unspecified atom stereocenters. The molecule has 1 aromatic heterocycles. The molecule has 4 heterocycles. The molecule has 1 saturated carbocycles. The molecule has 5 aliphatic rings. The van der Waals surface area contributed by atoms with Crippen molar-refractivity contribution in [3.8, 4) is 0 Å². The molecule has 5 atom stereocenters. The molecule has 1 N–H and O–H groups in total. The Morgan fingerprint density at radius 2 is 1.70 bits per heavy atom. The number of fused-ring (bicyclic) bond motifs is 6. The van der Waals surface area contributed by atoms with Crippen LogP contribution in [0.5, 0.6) is 0 Å². The Kier molecular flexibility index (Phi) is 4.36. The maximum atomic E-state index is 13.4. The van der Waals surface area contributed by atoms with Crippen molar-refractivity contribution in [2.24, 2.45) is 17.8 Å². The second-order valence-corrected chi connectivity index (χ2v) is 10.9. The molecule has 0 spiro atoms. The zero-order chi connectivity index (χ0) is 20.6. The van der Waals surface area contributed by atoms with E-state index in [1.165, 1.54) is 21.1 Å². The Morgan fingerprint density at radius 1 is 1.03 bits per heavy atom. The fourth-order valence-electron chi connectivity index (χ4n) is 6.37. The topological polar surface area (TPSA) is 75.7 Å². The van der Waals surface area contributed by atoms with Crippen LogP contribution >= 0.6 is 11.3 Å². The fourth-order valence-corrected chi connectivity index (χ4v) is 7.89. The normalized spacial score (nSPS) is 35.2. The highest BCUT2D eigenvalue weighted by Gasteiger charge is 2.63. The summed E-state index contributed by atoms with van der Waals surface area (Å²) in [6.45, 7) is 2.23. The molecule has 6 nitrogen and oxygen atoms in total. The standard InChI is InChI=1S/C23H28N2O4S/c1-11-6-7-13-16(10-11)30-23(17(13)20(26)24-12-4-2-3-5-12)25-21(27)18-14-8-9-15(29-14)19(18)22(25)28/h11-12,14-15,18-19H,2-10H2,1H3,(H,24,26)/t11-,14-,15-,18-,19-/m0/s1. The summed E-state index contributed by atoms with van der Waals surface area (Å²) >= 11 is 1.50. The number of carbonyl (C=O) groups is 3. The minimum absolute atomic E-state index is 0.0964. The minimum Gasteiger partial charge on any atom is -0.373 e. The van der Waals surface area contributed by atoms with Gasteiger partial charge >= 0.3 is 0 Å². The Morgan fingerprint density at radius 3 is 2.37 bits per heavy atom. The Bertz CT molecular complexity index is 906. The molecule has 0 aromatic carbocycles. The lowest BCUT2D eigenvalue weighted by Gasteiger charge is -2.21. The first-order chi connectivity index (χ1) is 14.5. The van der Waals surface area contributed by atoms with E-state index in [1.54, 1.807) is 0 Å². The van der Waals surface area contributed by atoms with Gasteiger partial charge in [0.1, 0.15) is 5.00 Å². The average molecular weight is 429 g/mol.